The van der Waals surface area contributed by atoms with E-state index in [2.05, 4.69) is 9.98 Å². The highest BCUT2D eigenvalue weighted by molar-refractivity contribution is 8.18. The number of amidine groups is 2. The van der Waals surface area contributed by atoms with Crippen molar-refractivity contribution in [3.05, 3.63) is 93.8 Å². The lowest BCUT2D eigenvalue weighted by molar-refractivity contribution is -0.135. The number of rotatable bonds is 10. The number of nitrogens with zero attached hydrogens (tertiary/aromatic N) is 4. The van der Waals surface area contributed by atoms with Gasteiger partial charge in [0.15, 0.2) is 10.3 Å². The van der Waals surface area contributed by atoms with E-state index in [9.17, 15) is 19.2 Å². The van der Waals surface area contributed by atoms with Gasteiger partial charge in [0.1, 0.15) is 0 Å². The number of aliphatic imine (C=N–C) groups is 2. The van der Waals surface area contributed by atoms with Gasteiger partial charge in [-0.1, -0.05) is 60.7 Å². The summed E-state index contributed by atoms with van der Waals surface area (Å²) in [5, 5.41) is 0.917. The molecule has 4 rings (SSSR count). The van der Waals surface area contributed by atoms with Gasteiger partial charge in [0.2, 0.25) is 0 Å². The monoisotopic (exact) mass is 592 g/mol. The molecule has 0 spiro atoms. The molecule has 2 aromatic carbocycles. The van der Waals surface area contributed by atoms with Gasteiger partial charge >= 0.3 is 11.9 Å². The Labute approximate surface area is 246 Å². The first-order chi connectivity index (χ1) is 19.9. The van der Waals surface area contributed by atoms with Gasteiger partial charge in [-0.15, -0.1) is 0 Å². The molecule has 2 aliphatic rings. The van der Waals surface area contributed by atoms with Crippen LogP contribution in [0.3, 0.4) is 0 Å². The number of amides is 2. The Balaban J connectivity index is 1.51. The maximum atomic E-state index is 13.2. The molecule has 212 valence electrons. The molecule has 41 heavy (non-hydrogen) atoms. The van der Waals surface area contributed by atoms with Crippen molar-refractivity contribution < 1.29 is 28.7 Å². The van der Waals surface area contributed by atoms with Crippen LogP contribution in [0.15, 0.2) is 92.6 Å². The molecule has 0 N–H and O–H groups in total. The third-order valence-corrected chi connectivity index (χ3v) is 8.01. The Morgan fingerprint density at radius 1 is 0.707 bits per heavy atom. The van der Waals surface area contributed by atoms with Gasteiger partial charge in [-0.25, -0.2) is 9.59 Å². The van der Waals surface area contributed by atoms with Crippen LogP contribution < -0.4 is 0 Å². The van der Waals surface area contributed by atoms with Crippen molar-refractivity contribution in [1.29, 1.82) is 0 Å². The van der Waals surface area contributed by atoms with Crippen molar-refractivity contribution >= 4 is 57.6 Å². The van der Waals surface area contributed by atoms with E-state index in [-0.39, 0.29) is 34.7 Å². The Morgan fingerprint density at radius 2 is 1.10 bits per heavy atom. The largest absolute Gasteiger partial charge is 0.466 e. The molecule has 2 aliphatic heterocycles. The molecule has 0 radical (unpaired) electrons. The molecule has 10 nitrogen and oxygen atoms in total. The van der Waals surface area contributed by atoms with Crippen LogP contribution in [-0.4, -0.2) is 71.2 Å². The van der Waals surface area contributed by atoms with Crippen LogP contribution in [0.1, 0.15) is 17.5 Å². The second kappa shape index (κ2) is 14.5. The van der Waals surface area contributed by atoms with Crippen molar-refractivity contribution in [3.8, 4) is 0 Å². The summed E-state index contributed by atoms with van der Waals surface area (Å²) in [7, 11) is 2.49. The van der Waals surface area contributed by atoms with Gasteiger partial charge in [-0.2, -0.15) is 0 Å². The molecule has 0 aromatic heterocycles. The number of hydrogen-bond acceptors (Lipinski definition) is 10. The number of thioether (sulfide) groups is 2. The van der Waals surface area contributed by atoms with Crippen molar-refractivity contribution in [2.75, 3.05) is 27.3 Å². The lowest BCUT2D eigenvalue weighted by Gasteiger charge is -2.19. The number of esters is 2. The van der Waals surface area contributed by atoms with Gasteiger partial charge in [0.05, 0.1) is 37.1 Å². The van der Waals surface area contributed by atoms with E-state index in [1.807, 2.05) is 60.7 Å². The average Bonchev–Trinajstić information content (AvgIpc) is 3.46. The highest BCUT2D eigenvalue weighted by Gasteiger charge is 2.36. The minimum absolute atomic E-state index is 0.213. The van der Waals surface area contributed by atoms with Gasteiger partial charge in [-0.05, 0) is 41.1 Å². The highest BCUT2D eigenvalue weighted by Crippen LogP contribution is 2.33. The van der Waals surface area contributed by atoms with E-state index in [0.717, 1.165) is 46.8 Å². The molecule has 2 aromatic rings. The van der Waals surface area contributed by atoms with E-state index in [4.69, 9.17) is 9.47 Å². The molecule has 0 bridgehead atoms. The fraction of sp³-hybridized carbons (Fsp3) is 0.241. The molecule has 0 saturated carbocycles. The van der Waals surface area contributed by atoms with Crippen LogP contribution in [0.25, 0.3) is 0 Å². The molecule has 0 unspecified atom stereocenters. The molecule has 2 amide bonds. The average molecular weight is 593 g/mol. The van der Waals surface area contributed by atoms with Gasteiger partial charge in [0.25, 0.3) is 11.8 Å². The molecule has 2 saturated heterocycles. The Morgan fingerprint density at radius 3 is 1.46 bits per heavy atom. The zero-order chi connectivity index (χ0) is 29.2. The molecular formula is C29H28N4O6S2. The summed E-state index contributed by atoms with van der Waals surface area (Å²) < 4.78 is 9.39. The maximum absolute atomic E-state index is 13.2. The molecule has 2 fully saturated rings. The summed E-state index contributed by atoms with van der Waals surface area (Å²) in [5.74, 6) is -1.99. The predicted molar refractivity (Wildman–Crippen MR) is 159 cm³/mol. The first-order valence-electron chi connectivity index (χ1n) is 12.6. The number of carbonyl (C=O) groups is 4. The maximum Gasteiger partial charge on any atom is 0.331 e. The van der Waals surface area contributed by atoms with Crippen molar-refractivity contribution in [3.63, 3.8) is 0 Å². The number of ether oxygens (including phenoxy) is 2. The van der Waals surface area contributed by atoms with Gasteiger partial charge < -0.3 is 9.47 Å². The molecule has 0 atom stereocenters. The molecule has 2 heterocycles. The summed E-state index contributed by atoms with van der Waals surface area (Å²) in [6.45, 7) is 1.21. The fourth-order valence-corrected chi connectivity index (χ4v) is 5.78. The first-order valence-corrected chi connectivity index (χ1v) is 14.3. The Bertz CT molecular complexity index is 1320. The summed E-state index contributed by atoms with van der Waals surface area (Å²) >= 11 is 2.21. The van der Waals surface area contributed by atoms with Gasteiger partial charge in [0, 0.05) is 25.2 Å². The predicted octanol–water partition coefficient (Wildman–Crippen LogP) is 3.75. The lowest BCUT2D eigenvalue weighted by atomic mass is 10.2. The van der Waals surface area contributed by atoms with Crippen LogP contribution in [0.4, 0.5) is 0 Å². The standard InChI is InChI=1S/C29H28N4O6S2/c1-38-24(34)16-22-26(36)32(28(40-22)30-18-20-10-5-3-6-11-20)14-9-15-33-27(37)23(17-25(35)39-2)41-29(33)31-19-21-12-7-4-8-13-21/h3-8,10-13,16-17H,9,14-15,18-19H2,1-2H3/b22-16-,23-17-,30-28?,31-29?. The number of methoxy groups -OCH3 is 2. The third-order valence-electron chi connectivity index (χ3n) is 5.92. The summed E-state index contributed by atoms with van der Waals surface area (Å²) in [4.78, 5) is 62.7. The second-order valence-corrected chi connectivity index (χ2v) is 10.7. The normalized spacial score (nSPS) is 19.2. The third kappa shape index (κ3) is 7.95. The summed E-state index contributed by atoms with van der Waals surface area (Å²) in [5.41, 5.74) is 1.95. The smallest absolute Gasteiger partial charge is 0.331 e. The van der Waals surface area contributed by atoms with Crippen molar-refractivity contribution in [1.82, 2.24) is 9.80 Å². The Hall–Kier alpha value is -4.16. The lowest BCUT2D eigenvalue weighted by Crippen LogP contribution is -2.35. The van der Waals surface area contributed by atoms with Crippen LogP contribution in [0.2, 0.25) is 0 Å². The van der Waals surface area contributed by atoms with Crippen LogP contribution >= 0.6 is 23.5 Å². The first kappa shape index (κ1) is 29.8. The summed E-state index contributed by atoms with van der Waals surface area (Å²) in [6.07, 6.45) is 2.71. The number of hydrogen-bond donors (Lipinski definition) is 0. The van der Waals surface area contributed by atoms with E-state index in [1.165, 1.54) is 24.0 Å². The van der Waals surface area contributed by atoms with Crippen molar-refractivity contribution in [2.24, 2.45) is 9.98 Å². The second-order valence-electron chi connectivity index (χ2n) is 8.70. The van der Waals surface area contributed by atoms with Gasteiger partial charge in [-0.3, -0.25) is 29.4 Å². The molecule has 12 heteroatoms. The minimum Gasteiger partial charge on any atom is -0.466 e. The Kier molecular flexibility index (Phi) is 10.5. The van der Waals surface area contributed by atoms with E-state index in [0.29, 0.717) is 29.8 Å². The fourth-order valence-electron chi connectivity index (χ4n) is 3.85. The minimum atomic E-state index is -0.631. The number of benzene rings is 2. The van der Waals surface area contributed by atoms with Crippen LogP contribution in [0, 0.1) is 0 Å². The highest BCUT2D eigenvalue weighted by atomic mass is 32.2. The van der Waals surface area contributed by atoms with Crippen molar-refractivity contribution in [2.45, 2.75) is 19.5 Å². The van der Waals surface area contributed by atoms with Crippen LogP contribution in [-0.2, 0) is 41.7 Å². The van der Waals surface area contributed by atoms with E-state index >= 15 is 0 Å². The molecule has 0 aliphatic carbocycles. The zero-order valence-electron chi connectivity index (χ0n) is 22.5. The zero-order valence-corrected chi connectivity index (χ0v) is 24.2. The summed E-state index contributed by atoms with van der Waals surface area (Å²) in [6, 6.07) is 19.2. The quantitative estimate of drug-likeness (QED) is 0.302. The van der Waals surface area contributed by atoms with E-state index < -0.39 is 11.9 Å². The topological polar surface area (TPSA) is 118 Å². The SMILES string of the molecule is COC(=O)/C=C1\SC(=NCc2ccccc2)N(CCCN2C(=O)/C(=C/C(=O)OC)SC2=NCc2ccccc2)C1=O. The number of carbonyl (C=O) groups excluding carboxylic acids is 4. The molecular weight excluding hydrogens is 564 g/mol. The van der Waals surface area contributed by atoms with Crippen LogP contribution in [0.5, 0.6) is 0 Å². The van der Waals surface area contributed by atoms with E-state index in [1.54, 1.807) is 0 Å².